The number of aromatic nitrogens is 2. The summed E-state index contributed by atoms with van der Waals surface area (Å²) < 4.78 is 13.0. The van der Waals surface area contributed by atoms with Gasteiger partial charge in [0, 0.05) is 11.8 Å². The van der Waals surface area contributed by atoms with Crippen LogP contribution in [0.4, 0.5) is 4.39 Å². The first-order valence-corrected chi connectivity index (χ1v) is 4.66. The van der Waals surface area contributed by atoms with Gasteiger partial charge in [-0.05, 0) is 12.1 Å². The highest BCUT2D eigenvalue weighted by Crippen LogP contribution is 2.20. The van der Waals surface area contributed by atoms with Gasteiger partial charge in [-0.15, -0.1) is 0 Å². The monoisotopic (exact) mass is 234 g/mol. The van der Waals surface area contributed by atoms with Crippen molar-refractivity contribution in [2.75, 3.05) is 0 Å². The Labute approximate surface area is 94.6 Å². The normalized spacial score (nSPS) is 10.2. The van der Waals surface area contributed by atoms with Crippen molar-refractivity contribution in [2.45, 2.75) is 0 Å². The zero-order chi connectivity index (χ0) is 12.4. The van der Waals surface area contributed by atoms with Gasteiger partial charge < -0.3 is 10.1 Å². The Bertz CT molecular complexity index is 637. The van der Waals surface area contributed by atoms with E-state index in [4.69, 9.17) is 5.11 Å². The molecule has 0 saturated heterocycles. The van der Waals surface area contributed by atoms with Crippen molar-refractivity contribution < 1.29 is 14.3 Å². The van der Waals surface area contributed by atoms with Crippen LogP contribution in [0.3, 0.4) is 0 Å². The fourth-order valence-electron chi connectivity index (χ4n) is 1.43. The number of aromatic carboxylic acids is 1. The second kappa shape index (κ2) is 4.17. The number of carboxylic acid groups (broad SMARTS) is 1. The lowest BCUT2D eigenvalue weighted by atomic mass is 10.1. The lowest BCUT2D eigenvalue weighted by Crippen LogP contribution is -2.15. The van der Waals surface area contributed by atoms with Crippen molar-refractivity contribution >= 4 is 5.97 Å². The van der Waals surface area contributed by atoms with E-state index in [1.165, 1.54) is 18.2 Å². The average Bonchev–Trinajstić information content (AvgIpc) is 2.28. The van der Waals surface area contributed by atoms with Crippen LogP contribution in [0.2, 0.25) is 0 Å². The molecule has 86 valence electrons. The van der Waals surface area contributed by atoms with Gasteiger partial charge in [0.25, 0.3) is 0 Å². The van der Waals surface area contributed by atoms with Crippen LogP contribution in [0.1, 0.15) is 10.4 Å². The third-order valence-electron chi connectivity index (χ3n) is 2.16. The first kappa shape index (κ1) is 11.0. The van der Waals surface area contributed by atoms with E-state index in [1.807, 2.05) is 0 Å². The number of carbonyl (C=O) groups is 1. The first-order chi connectivity index (χ1) is 8.08. The zero-order valence-corrected chi connectivity index (χ0v) is 8.48. The largest absolute Gasteiger partial charge is 0.478 e. The molecule has 0 atom stereocenters. The van der Waals surface area contributed by atoms with Gasteiger partial charge in [-0.2, -0.15) is 0 Å². The van der Waals surface area contributed by atoms with Gasteiger partial charge in [-0.1, -0.05) is 12.1 Å². The van der Waals surface area contributed by atoms with Crippen molar-refractivity contribution in [1.29, 1.82) is 0 Å². The molecule has 0 bridgehead atoms. The van der Waals surface area contributed by atoms with Crippen LogP contribution in [0.15, 0.2) is 35.3 Å². The quantitative estimate of drug-likeness (QED) is 0.819. The summed E-state index contributed by atoms with van der Waals surface area (Å²) in [6, 6.07) is 5.29. The third-order valence-corrected chi connectivity index (χ3v) is 2.16. The van der Waals surface area contributed by atoms with Crippen molar-refractivity contribution in [3.05, 3.63) is 52.3 Å². The fraction of sp³-hybridized carbons (Fsp3) is 0. The number of halogens is 1. The molecule has 5 nitrogen and oxygen atoms in total. The highest BCUT2D eigenvalue weighted by Gasteiger charge is 2.13. The minimum Gasteiger partial charge on any atom is -0.478 e. The van der Waals surface area contributed by atoms with Gasteiger partial charge in [0.2, 0.25) is 0 Å². The first-order valence-electron chi connectivity index (χ1n) is 4.66. The average molecular weight is 234 g/mol. The molecule has 0 aliphatic carbocycles. The van der Waals surface area contributed by atoms with Crippen LogP contribution in [0.5, 0.6) is 0 Å². The van der Waals surface area contributed by atoms with E-state index in [0.717, 1.165) is 12.3 Å². The highest BCUT2D eigenvalue weighted by atomic mass is 19.1. The number of H-pyrrole nitrogens is 1. The number of aromatic amines is 1. The summed E-state index contributed by atoms with van der Waals surface area (Å²) in [5.74, 6) is -1.76. The summed E-state index contributed by atoms with van der Waals surface area (Å²) in [5, 5.41) is 8.93. The van der Waals surface area contributed by atoms with E-state index in [1.54, 1.807) is 0 Å². The number of nitrogens with one attached hydrogen (secondary N) is 1. The minimum atomic E-state index is -1.24. The molecule has 1 heterocycles. The van der Waals surface area contributed by atoms with Gasteiger partial charge in [-0.25, -0.2) is 19.0 Å². The van der Waals surface area contributed by atoms with Gasteiger partial charge in [0.15, 0.2) is 0 Å². The van der Waals surface area contributed by atoms with Gasteiger partial charge in [-0.3, -0.25) is 0 Å². The summed E-state index contributed by atoms with van der Waals surface area (Å²) in [6.07, 6.45) is 0.946. The predicted octanol–water partition coefficient (Wildman–Crippen LogP) is 1.27. The molecule has 0 unspecified atom stereocenters. The summed E-state index contributed by atoms with van der Waals surface area (Å²) >= 11 is 0. The van der Waals surface area contributed by atoms with E-state index in [2.05, 4.69) is 9.97 Å². The number of carboxylic acids is 1. The van der Waals surface area contributed by atoms with Crippen molar-refractivity contribution in [1.82, 2.24) is 9.97 Å². The molecule has 2 rings (SSSR count). The molecule has 6 heteroatoms. The standard InChI is InChI=1S/C11H7FN2O3/c12-7-3-1-2-6(4-7)9-8(10(15)16)5-13-11(17)14-9/h1-5H,(H,15,16)(H,13,14,17). The van der Waals surface area contributed by atoms with Crippen LogP contribution in [0.25, 0.3) is 11.3 Å². The van der Waals surface area contributed by atoms with E-state index in [-0.39, 0.29) is 16.8 Å². The molecular weight excluding hydrogens is 227 g/mol. The number of hydrogen-bond acceptors (Lipinski definition) is 3. The topological polar surface area (TPSA) is 83.0 Å². The molecule has 1 aromatic carbocycles. The molecule has 0 aliphatic heterocycles. The van der Waals surface area contributed by atoms with Crippen LogP contribution >= 0.6 is 0 Å². The molecule has 0 saturated carbocycles. The summed E-state index contributed by atoms with van der Waals surface area (Å²) in [6.45, 7) is 0. The summed E-state index contributed by atoms with van der Waals surface area (Å²) in [7, 11) is 0. The summed E-state index contributed by atoms with van der Waals surface area (Å²) in [5.41, 5.74) is -0.552. The Morgan fingerprint density at radius 3 is 2.82 bits per heavy atom. The molecule has 0 fully saturated rings. The van der Waals surface area contributed by atoms with Crippen LogP contribution in [-0.2, 0) is 0 Å². The van der Waals surface area contributed by atoms with E-state index in [9.17, 15) is 14.0 Å². The molecule has 2 aromatic rings. The minimum absolute atomic E-state index is 0.0389. The van der Waals surface area contributed by atoms with Gasteiger partial charge >= 0.3 is 11.7 Å². The predicted molar refractivity (Wildman–Crippen MR) is 57.2 cm³/mol. The Balaban J connectivity index is 2.69. The number of nitrogens with zero attached hydrogens (tertiary/aromatic N) is 1. The Morgan fingerprint density at radius 1 is 1.41 bits per heavy atom. The van der Waals surface area contributed by atoms with Crippen LogP contribution in [-0.4, -0.2) is 21.0 Å². The smallest absolute Gasteiger partial charge is 0.345 e. The molecular formula is C11H7FN2O3. The molecule has 17 heavy (non-hydrogen) atoms. The molecule has 0 aliphatic rings. The molecule has 1 aromatic heterocycles. The van der Waals surface area contributed by atoms with Crippen LogP contribution < -0.4 is 5.69 Å². The third kappa shape index (κ3) is 2.20. The molecule has 0 amide bonds. The maximum atomic E-state index is 13.0. The van der Waals surface area contributed by atoms with Gasteiger partial charge in [0.05, 0.1) is 5.69 Å². The summed E-state index contributed by atoms with van der Waals surface area (Å²) in [4.78, 5) is 27.6. The number of rotatable bonds is 2. The number of benzene rings is 1. The van der Waals surface area contributed by atoms with Crippen molar-refractivity contribution in [3.8, 4) is 11.3 Å². The molecule has 0 radical (unpaired) electrons. The van der Waals surface area contributed by atoms with Crippen LogP contribution in [0, 0.1) is 5.82 Å². The fourth-order valence-corrected chi connectivity index (χ4v) is 1.43. The second-order valence-corrected chi connectivity index (χ2v) is 3.29. The Morgan fingerprint density at radius 2 is 2.18 bits per heavy atom. The van der Waals surface area contributed by atoms with E-state index >= 15 is 0 Å². The molecule has 0 spiro atoms. The lowest BCUT2D eigenvalue weighted by Gasteiger charge is -2.04. The van der Waals surface area contributed by atoms with E-state index in [0.29, 0.717) is 0 Å². The maximum Gasteiger partial charge on any atom is 0.345 e. The second-order valence-electron chi connectivity index (χ2n) is 3.29. The Kier molecular flexibility index (Phi) is 2.70. The van der Waals surface area contributed by atoms with E-state index < -0.39 is 17.5 Å². The number of hydrogen-bond donors (Lipinski definition) is 2. The maximum absolute atomic E-state index is 13.0. The molecule has 2 N–H and O–H groups in total. The van der Waals surface area contributed by atoms with Crippen molar-refractivity contribution in [3.63, 3.8) is 0 Å². The van der Waals surface area contributed by atoms with Gasteiger partial charge in [0.1, 0.15) is 11.4 Å². The zero-order valence-electron chi connectivity index (χ0n) is 8.48. The SMILES string of the molecule is O=C(O)c1cnc(=O)[nH]c1-c1cccc(F)c1. The lowest BCUT2D eigenvalue weighted by molar-refractivity contribution is 0.0697. The Hall–Kier alpha value is -2.50. The highest BCUT2D eigenvalue weighted by molar-refractivity contribution is 5.94. The van der Waals surface area contributed by atoms with Crippen molar-refractivity contribution in [2.24, 2.45) is 0 Å².